The number of sulfonamides is 1. The molecule has 0 heterocycles. The molecule has 0 amide bonds. The molecule has 0 bridgehead atoms. The number of rotatable bonds is 5. The van der Waals surface area contributed by atoms with E-state index < -0.39 is 15.3 Å². The summed E-state index contributed by atoms with van der Waals surface area (Å²) in [6, 6.07) is 0.0251. The molecule has 106 valence electrons. The minimum atomic E-state index is -3.43. The highest BCUT2D eigenvalue weighted by molar-refractivity contribution is 7.93. The summed E-state index contributed by atoms with van der Waals surface area (Å²) in [5.41, 5.74) is 5.51. The molecule has 0 aromatic rings. The van der Waals surface area contributed by atoms with Gasteiger partial charge in [0.05, 0.1) is 4.99 Å². The first-order valence-corrected chi connectivity index (χ1v) is 8.52. The summed E-state index contributed by atoms with van der Waals surface area (Å²) in [7, 11) is -3.43. The van der Waals surface area contributed by atoms with Crippen molar-refractivity contribution in [1.29, 1.82) is 0 Å². The minimum Gasteiger partial charge on any atom is -0.392 e. The van der Waals surface area contributed by atoms with Crippen LogP contribution in [0.25, 0.3) is 0 Å². The second-order valence-corrected chi connectivity index (χ2v) is 7.94. The van der Waals surface area contributed by atoms with Crippen LogP contribution in [0, 0.1) is 11.8 Å². The molecular formula is C12H24N2O2S2. The van der Waals surface area contributed by atoms with E-state index in [-0.39, 0.29) is 11.0 Å². The Kier molecular flexibility index (Phi) is 5.55. The molecule has 1 aliphatic rings. The topological polar surface area (TPSA) is 72.2 Å². The van der Waals surface area contributed by atoms with Gasteiger partial charge >= 0.3 is 0 Å². The number of nitrogens with two attached hydrogens (primary N) is 1. The lowest BCUT2D eigenvalue weighted by atomic mass is 9.81. The second-order valence-electron chi connectivity index (χ2n) is 5.58. The monoisotopic (exact) mass is 292 g/mol. The average molecular weight is 292 g/mol. The van der Waals surface area contributed by atoms with E-state index in [1.54, 1.807) is 6.92 Å². The summed E-state index contributed by atoms with van der Waals surface area (Å²) in [6.45, 7) is 6.12. The van der Waals surface area contributed by atoms with Crippen LogP contribution in [0.2, 0.25) is 0 Å². The van der Waals surface area contributed by atoms with Gasteiger partial charge in [0.2, 0.25) is 10.0 Å². The van der Waals surface area contributed by atoms with Crippen molar-refractivity contribution in [3.05, 3.63) is 0 Å². The van der Waals surface area contributed by atoms with E-state index in [4.69, 9.17) is 18.0 Å². The second kappa shape index (κ2) is 6.30. The third kappa shape index (κ3) is 4.17. The van der Waals surface area contributed by atoms with Crippen LogP contribution in [0.4, 0.5) is 0 Å². The Morgan fingerprint density at radius 1 is 1.33 bits per heavy atom. The summed E-state index contributed by atoms with van der Waals surface area (Å²) >= 11 is 4.84. The first-order chi connectivity index (χ1) is 8.26. The maximum absolute atomic E-state index is 12.2. The first-order valence-electron chi connectivity index (χ1n) is 6.56. The number of nitrogens with one attached hydrogen (secondary N) is 1. The number of hydrogen-bond acceptors (Lipinski definition) is 3. The van der Waals surface area contributed by atoms with Gasteiger partial charge in [-0.15, -0.1) is 0 Å². The summed E-state index contributed by atoms with van der Waals surface area (Å²) in [5, 5.41) is -0.750. The van der Waals surface area contributed by atoms with Gasteiger partial charge in [0.15, 0.2) is 0 Å². The molecule has 1 fully saturated rings. The van der Waals surface area contributed by atoms with E-state index in [0.29, 0.717) is 18.3 Å². The van der Waals surface area contributed by atoms with Crippen LogP contribution in [0.3, 0.4) is 0 Å². The van der Waals surface area contributed by atoms with E-state index in [1.807, 2.05) is 0 Å². The Morgan fingerprint density at radius 3 is 2.22 bits per heavy atom. The van der Waals surface area contributed by atoms with Gasteiger partial charge in [0, 0.05) is 6.04 Å². The fourth-order valence-corrected chi connectivity index (χ4v) is 5.04. The fourth-order valence-electron chi connectivity index (χ4n) is 2.93. The van der Waals surface area contributed by atoms with Crippen molar-refractivity contribution < 1.29 is 8.42 Å². The minimum absolute atomic E-state index is 0.0251. The molecule has 0 aliphatic heterocycles. The van der Waals surface area contributed by atoms with Crippen molar-refractivity contribution in [2.75, 3.05) is 0 Å². The highest BCUT2D eigenvalue weighted by atomic mass is 32.2. The quantitative estimate of drug-likeness (QED) is 0.758. The molecule has 0 spiro atoms. The van der Waals surface area contributed by atoms with Gasteiger partial charge in [-0.1, -0.05) is 33.0 Å². The molecule has 3 N–H and O–H groups in total. The van der Waals surface area contributed by atoms with Gasteiger partial charge < -0.3 is 5.73 Å². The van der Waals surface area contributed by atoms with Crippen molar-refractivity contribution in [2.24, 2.45) is 17.6 Å². The van der Waals surface area contributed by atoms with Crippen LogP contribution in [0.5, 0.6) is 0 Å². The average Bonchev–Trinajstić information content (AvgIpc) is 2.13. The summed E-state index contributed by atoms with van der Waals surface area (Å²) in [5.74, 6) is 1.12. The van der Waals surface area contributed by atoms with Gasteiger partial charge in [-0.25, -0.2) is 13.1 Å². The van der Waals surface area contributed by atoms with Crippen molar-refractivity contribution >= 4 is 27.2 Å². The van der Waals surface area contributed by atoms with Gasteiger partial charge in [-0.3, -0.25) is 0 Å². The van der Waals surface area contributed by atoms with Crippen molar-refractivity contribution in [3.8, 4) is 0 Å². The lowest BCUT2D eigenvalue weighted by Gasteiger charge is -2.32. The largest absolute Gasteiger partial charge is 0.392 e. The van der Waals surface area contributed by atoms with Crippen LogP contribution in [0.1, 0.15) is 46.5 Å². The number of hydrogen-bond donors (Lipinski definition) is 2. The number of thiocarbonyl (C=S) groups is 1. The normalized spacial score (nSPS) is 30.9. The van der Waals surface area contributed by atoms with Crippen molar-refractivity contribution in [2.45, 2.75) is 57.7 Å². The van der Waals surface area contributed by atoms with Crippen LogP contribution in [-0.4, -0.2) is 24.7 Å². The summed E-state index contributed by atoms with van der Waals surface area (Å²) in [4.78, 5) is 0.0573. The zero-order valence-corrected chi connectivity index (χ0v) is 13.0. The van der Waals surface area contributed by atoms with Crippen LogP contribution >= 0.6 is 12.2 Å². The smallest absolute Gasteiger partial charge is 0.221 e. The molecule has 1 aliphatic carbocycles. The van der Waals surface area contributed by atoms with E-state index in [0.717, 1.165) is 12.8 Å². The highest BCUT2D eigenvalue weighted by Crippen LogP contribution is 2.29. The third-order valence-electron chi connectivity index (χ3n) is 3.57. The van der Waals surface area contributed by atoms with Gasteiger partial charge in [0.25, 0.3) is 0 Å². The lowest BCUT2D eigenvalue weighted by Crippen LogP contribution is -2.47. The maximum atomic E-state index is 12.2. The molecule has 1 rings (SSSR count). The molecule has 6 heteroatoms. The van der Waals surface area contributed by atoms with Crippen LogP contribution in [0.15, 0.2) is 0 Å². The van der Waals surface area contributed by atoms with Gasteiger partial charge in [0.1, 0.15) is 5.25 Å². The Hall–Kier alpha value is -0.200. The van der Waals surface area contributed by atoms with Crippen molar-refractivity contribution in [3.63, 3.8) is 0 Å². The maximum Gasteiger partial charge on any atom is 0.221 e. The van der Waals surface area contributed by atoms with Crippen LogP contribution in [-0.2, 0) is 10.0 Å². The molecule has 3 atom stereocenters. The predicted octanol–water partition coefficient (Wildman–Crippen LogP) is 1.80. The molecule has 0 radical (unpaired) electrons. The van der Waals surface area contributed by atoms with E-state index in [9.17, 15) is 8.42 Å². The Labute approximate surface area is 116 Å². The Balaban J connectivity index is 2.73. The zero-order valence-electron chi connectivity index (χ0n) is 11.3. The highest BCUT2D eigenvalue weighted by Gasteiger charge is 2.32. The molecule has 0 aromatic heterocycles. The summed E-state index contributed by atoms with van der Waals surface area (Å²) < 4.78 is 27.2. The molecule has 1 saturated carbocycles. The first kappa shape index (κ1) is 15.9. The summed E-state index contributed by atoms with van der Waals surface area (Å²) in [6.07, 6.45) is 3.39. The van der Waals surface area contributed by atoms with Crippen molar-refractivity contribution in [1.82, 2.24) is 4.72 Å². The fraction of sp³-hybridized carbons (Fsp3) is 0.917. The Morgan fingerprint density at radius 2 is 1.83 bits per heavy atom. The molecule has 0 aromatic carbocycles. The SMILES string of the molecule is CCC(C(N)=S)S(=O)(=O)NC1CC(C)CC(C)C1. The van der Waals surface area contributed by atoms with Crippen LogP contribution < -0.4 is 10.5 Å². The molecular weight excluding hydrogens is 268 g/mol. The zero-order chi connectivity index (χ0) is 13.9. The van der Waals surface area contributed by atoms with E-state index in [1.165, 1.54) is 6.42 Å². The van der Waals surface area contributed by atoms with E-state index >= 15 is 0 Å². The van der Waals surface area contributed by atoms with Gasteiger partial charge in [-0.2, -0.15) is 0 Å². The standard InChI is InChI=1S/C12H24N2O2S2/c1-4-11(12(13)17)18(15,16)14-10-6-8(2)5-9(3)7-10/h8-11,14H,4-7H2,1-3H3,(H2,13,17). The molecule has 4 nitrogen and oxygen atoms in total. The molecule has 0 saturated heterocycles. The Bertz CT molecular complexity index is 385. The van der Waals surface area contributed by atoms with E-state index in [2.05, 4.69) is 18.6 Å². The molecule has 18 heavy (non-hydrogen) atoms. The third-order valence-corrected chi connectivity index (χ3v) is 6.00. The predicted molar refractivity (Wildman–Crippen MR) is 78.9 cm³/mol. The van der Waals surface area contributed by atoms with Gasteiger partial charge in [-0.05, 0) is 37.5 Å². The lowest BCUT2D eigenvalue weighted by molar-refractivity contribution is 0.257. The molecule has 3 unspecified atom stereocenters.